The average Bonchev–Trinajstić information content (AvgIpc) is 2.58. The van der Waals surface area contributed by atoms with Gasteiger partial charge in [-0.2, -0.15) is 0 Å². The number of nitrogens with zero attached hydrogens (tertiary/aromatic N) is 2. The Hall–Kier alpha value is -1.34. The van der Waals surface area contributed by atoms with Gasteiger partial charge in [0, 0.05) is 35.7 Å². The van der Waals surface area contributed by atoms with E-state index in [0.29, 0.717) is 20.9 Å². The second kappa shape index (κ2) is 8.67. The fourth-order valence-electron chi connectivity index (χ4n) is 2.43. The van der Waals surface area contributed by atoms with Crippen LogP contribution in [0.2, 0.25) is 5.02 Å². The Labute approximate surface area is 160 Å². The Morgan fingerprint density at radius 2 is 2.00 bits per heavy atom. The molecule has 8 heteroatoms. The zero-order valence-corrected chi connectivity index (χ0v) is 15.9. The molecular formula is C16H17BrCl2N4O. The summed E-state index contributed by atoms with van der Waals surface area (Å²) in [5.41, 5.74) is 1.54. The number of amides is 1. The maximum atomic E-state index is 12.3. The number of nitrogens with one attached hydrogen (secondary N) is 2. The second-order valence-corrected chi connectivity index (χ2v) is 6.51. The first-order chi connectivity index (χ1) is 11.1. The van der Waals surface area contributed by atoms with Gasteiger partial charge in [-0.15, -0.1) is 12.4 Å². The molecule has 1 amide bonds. The second-order valence-electron chi connectivity index (χ2n) is 5.22. The Morgan fingerprint density at radius 1 is 1.25 bits per heavy atom. The molecule has 0 atom stereocenters. The first-order valence-corrected chi connectivity index (χ1v) is 8.49. The molecule has 0 bridgehead atoms. The van der Waals surface area contributed by atoms with Crippen LogP contribution in [0.3, 0.4) is 0 Å². The van der Waals surface area contributed by atoms with Gasteiger partial charge in [-0.1, -0.05) is 11.6 Å². The minimum absolute atomic E-state index is 0. The number of anilines is 2. The number of aromatic nitrogens is 1. The van der Waals surface area contributed by atoms with Crippen LogP contribution in [0, 0.1) is 0 Å². The first-order valence-electron chi connectivity index (χ1n) is 7.31. The van der Waals surface area contributed by atoms with Gasteiger partial charge in [0.25, 0.3) is 5.91 Å². The van der Waals surface area contributed by atoms with Gasteiger partial charge in [-0.3, -0.25) is 4.79 Å². The van der Waals surface area contributed by atoms with E-state index < -0.39 is 0 Å². The molecule has 2 heterocycles. The van der Waals surface area contributed by atoms with Crippen molar-refractivity contribution in [3.05, 3.63) is 51.6 Å². The van der Waals surface area contributed by atoms with Crippen molar-refractivity contribution in [3.63, 3.8) is 0 Å². The molecule has 1 fully saturated rings. The Kier molecular flexibility index (Phi) is 6.86. The van der Waals surface area contributed by atoms with Crippen LogP contribution < -0.4 is 15.5 Å². The van der Waals surface area contributed by atoms with Gasteiger partial charge in [0.1, 0.15) is 5.82 Å². The highest BCUT2D eigenvalue weighted by Gasteiger charge is 2.13. The molecule has 0 unspecified atom stereocenters. The summed E-state index contributed by atoms with van der Waals surface area (Å²) in [6.07, 6.45) is 1.79. The van der Waals surface area contributed by atoms with E-state index in [1.54, 1.807) is 24.4 Å². The van der Waals surface area contributed by atoms with Crippen molar-refractivity contribution in [1.82, 2.24) is 10.3 Å². The summed E-state index contributed by atoms with van der Waals surface area (Å²) in [5.74, 6) is 0.266. The van der Waals surface area contributed by atoms with E-state index >= 15 is 0 Å². The van der Waals surface area contributed by atoms with Crippen molar-refractivity contribution in [2.45, 2.75) is 0 Å². The predicted molar refractivity (Wildman–Crippen MR) is 104 cm³/mol. The quantitative estimate of drug-likeness (QED) is 0.779. The molecule has 1 aliphatic heterocycles. The zero-order chi connectivity index (χ0) is 16.2. The molecule has 2 aromatic rings. The highest BCUT2D eigenvalue weighted by atomic mass is 79.9. The Balaban J connectivity index is 0.00000208. The van der Waals surface area contributed by atoms with E-state index in [1.807, 2.05) is 12.1 Å². The number of pyridine rings is 1. The van der Waals surface area contributed by atoms with Gasteiger partial charge in [0.05, 0.1) is 17.4 Å². The lowest BCUT2D eigenvalue weighted by molar-refractivity contribution is 0.102. The Morgan fingerprint density at radius 3 is 2.67 bits per heavy atom. The summed E-state index contributed by atoms with van der Waals surface area (Å²) in [7, 11) is 0. The third kappa shape index (κ3) is 4.60. The van der Waals surface area contributed by atoms with Crippen LogP contribution in [-0.2, 0) is 0 Å². The molecule has 5 nitrogen and oxygen atoms in total. The van der Waals surface area contributed by atoms with Gasteiger partial charge in [0.2, 0.25) is 0 Å². The fourth-order valence-corrected chi connectivity index (χ4v) is 3.02. The lowest BCUT2D eigenvalue weighted by Gasteiger charge is -2.29. The smallest absolute Gasteiger partial charge is 0.258 e. The molecular weight excluding hydrogens is 415 g/mol. The molecule has 128 valence electrons. The van der Waals surface area contributed by atoms with Gasteiger partial charge >= 0.3 is 0 Å². The van der Waals surface area contributed by atoms with Crippen molar-refractivity contribution >= 4 is 57.4 Å². The summed E-state index contributed by atoms with van der Waals surface area (Å²) in [6, 6.07) is 8.88. The van der Waals surface area contributed by atoms with Crippen LogP contribution in [0.25, 0.3) is 0 Å². The van der Waals surface area contributed by atoms with Crippen molar-refractivity contribution in [2.75, 3.05) is 36.4 Å². The molecule has 0 saturated carbocycles. The van der Waals surface area contributed by atoms with Crippen molar-refractivity contribution in [1.29, 1.82) is 0 Å². The van der Waals surface area contributed by atoms with E-state index in [9.17, 15) is 4.79 Å². The molecule has 24 heavy (non-hydrogen) atoms. The summed E-state index contributed by atoms with van der Waals surface area (Å²) < 4.78 is 0.692. The van der Waals surface area contributed by atoms with Gasteiger partial charge < -0.3 is 15.5 Å². The molecule has 0 radical (unpaired) electrons. The SMILES string of the molecule is Cl.O=C(Nc1ccc(N2CCNCC2)cn1)c1cc(Cl)ccc1Br. The maximum absolute atomic E-state index is 12.3. The average molecular weight is 432 g/mol. The monoisotopic (exact) mass is 430 g/mol. The van der Waals surface area contributed by atoms with Gasteiger partial charge in [0.15, 0.2) is 0 Å². The number of hydrogen-bond donors (Lipinski definition) is 2. The molecule has 3 rings (SSSR count). The molecule has 1 aliphatic rings. The number of carbonyl (C=O) groups is 1. The Bertz CT molecular complexity index is 706. The minimum atomic E-state index is -0.248. The van der Waals surface area contributed by atoms with Crippen LogP contribution >= 0.6 is 39.9 Å². The molecule has 0 aliphatic carbocycles. The van der Waals surface area contributed by atoms with E-state index in [2.05, 4.69) is 36.4 Å². The number of hydrogen-bond acceptors (Lipinski definition) is 4. The minimum Gasteiger partial charge on any atom is -0.368 e. The van der Waals surface area contributed by atoms with Crippen LogP contribution in [0.5, 0.6) is 0 Å². The summed E-state index contributed by atoms with van der Waals surface area (Å²) in [5, 5.41) is 6.62. The number of carbonyl (C=O) groups excluding carboxylic acids is 1. The third-order valence-electron chi connectivity index (χ3n) is 3.64. The summed E-state index contributed by atoms with van der Waals surface area (Å²) in [4.78, 5) is 18.9. The maximum Gasteiger partial charge on any atom is 0.258 e. The normalized spacial score (nSPS) is 14.0. The number of piperazine rings is 1. The number of rotatable bonds is 3. The van der Waals surface area contributed by atoms with Crippen molar-refractivity contribution < 1.29 is 4.79 Å². The highest BCUT2D eigenvalue weighted by Crippen LogP contribution is 2.22. The first kappa shape index (κ1) is 19.0. The number of benzene rings is 1. The van der Waals surface area contributed by atoms with Crippen LogP contribution in [-0.4, -0.2) is 37.1 Å². The van der Waals surface area contributed by atoms with E-state index in [4.69, 9.17) is 11.6 Å². The van der Waals surface area contributed by atoms with Crippen molar-refractivity contribution in [3.8, 4) is 0 Å². The van der Waals surface area contributed by atoms with Crippen molar-refractivity contribution in [2.24, 2.45) is 0 Å². The molecule has 1 saturated heterocycles. The lowest BCUT2D eigenvalue weighted by Crippen LogP contribution is -2.43. The molecule has 2 N–H and O–H groups in total. The van der Waals surface area contributed by atoms with Gasteiger partial charge in [-0.25, -0.2) is 4.98 Å². The van der Waals surface area contributed by atoms with Crippen LogP contribution in [0.4, 0.5) is 11.5 Å². The molecule has 1 aromatic carbocycles. The fraction of sp³-hybridized carbons (Fsp3) is 0.250. The van der Waals surface area contributed by atoms with Crippen LogP contribution in [0.1, 0.15) is 10.4 Å². The topological polar surface area (TPSA) is 57.3 Å². The van der Waals surface area contributed by atoms with Crippen LogP contribution in [0.15, 0.2) is 41.0 Å². The van der Waals surface area contributed by atoms with E-state index in [1.165, 1.54) is 0 Å². The molecule has 1 aromatic heterocycles. The highest BCUT2D eigenvalue weighted by molar-refractivity contribution is 9.10. The summed E-state index contributed by atoms with van der Waals surface area (Å²) in [6.45, 7) is 3.87. The standard InChI is InChI=1S/C16H16BrClN4O.ClH/c17-14-3-1-11(18)9-13(14)16(23)21-15-4-2-12(10-20-15)22-7-5-19-6-8-22;/h1-4,9-10,19H,5-8H2,(H,20,21,23);1H. The zero-order valence-electron chi connectivity index (χ0n) is 12.8. The van der Waals surface area contributed by atoms with Gasteiger partial charge in [-0.05, 0) is 46.3 Å². The largest absolute Gasteiger partial charge is 0.368 e. The third-order valence-corrected chi connectivity index (χ3v) is 4.57. The summed E-state index contributed by atoms with van der Waals surface area (Å²) >= 11 is 9.30. The molecule has 0 spiro atoms. The lowest BCUT2D eigenvalue weighted by atomic mass is 10.2. The number of halogens is 3. The van der Waals surface area contributed by atoms with E-state index in [-0.39, 0.29) is 18.3 Å². The predicted octanol–water partition coefficient (Wildman–Crippen LogP) is 3.58. The van der Waals surface area contributed by atoms with E-state index in [0.717, 1.165) is 31.9 Å².